The quantitative estimate of drug-likeness (QED) is 0.667. The van der Waals surface area contributed by atoms with E-state index in [0.29, 0.717) is 5.41 Å². The fraction of sp³-hybridized carbons (Fsp3) is 1.00. The fourth-order valence-corrected chi connectivity index (χ4v) is 5.36. The Morgan fingerprint density at radius 3 is 2.36 bits per heavy atom. The van der Waals surface area contributed by atoms with Crippen LogP contribution in [-0.4, -0.2) is 47.6 Å². The summed E-state index contributed by atoms with van der Waals surface area (Å²) in [6.45, 7) is 18.6. The number of hydrogen-bond donors (Lipinski definition) is 0. The van der Waals surface area contributed by atoms with Crippen LogP contribution in [-0.2, 0) is 0 Å². The smallest absolute Gasteiger partial charge is 0.0147 e. The van der Waals surface area contributed by atoms with E-state index in [1.807, 2.05) is 0 Å². The SMILES string of the molecule is CCCN1CCCC1C(C)(C)CC(C)N1CCCC1C(C)C. The highest BCUT2D eigenvalue weighted by Crippen LogP contribution is 2.39. The van der Waals surface area contributed by atoms with E-state index in [2.05, 4.69) is 51.3 Å². The van der Waals surface area contributed by atoms with Crippen molar-refractivity contribution >= 4 is 0 Å². The highest BCUT2D eigenvalue weighted by atomic mass is 15.2. The number of hydrogen-bond acceptors (Lipinski definition) is 2. The molecule has 0 N–H and O–H groups in total. The lowest BCUT2D eigenvalue weighted by atomic mass is 9.77. The average Bonchev–Trinajstić information content (AvgIpc) is 3.07. The van der Waals surface area contributed by atoms with Gasteiger partial charge in [0.2, 0.25) is 0 Å². The van der Waals surface area contributed by atoms with E-state index < -0.39 is 0 Å². The maximum atomic E-state index is 2.82. The molecule has 2 heteroatoms. The molecule has 0 bridgehead atoms. The first-order valence-corrected chi connectivity index (χ1v) is 9.86. The predicted molar refractivity (Wildman–Crippen MR) is 97.3 cm³/mol. The first-order valence-electron chi connectivity index (χ1n) is 9.86. The Hall–Kier alpha value is -0.0800. The Balaban J connectivity index is 1.98. The molecule has 0 amide bonds. The van der Waals surface area contributed by atoms with Crippen molar-refractivity contribution in [2.24, 2.45) is 11.3 Å². The average molecular weight is 309 g/mol. The van der Waals surface area contributed by atoms with Crippen molar-refractivity contribution in [3.63, 3.8) is 0 Å². The molecule has 130 valence electrons. The standard InChI is InChI=1S/C20H40N2/c1-7-12-21-13-9-11-19(21)20(5,6)15-17(4)22-14-8-10-18(22)16(2)3/h16-19H,7-15H2,1-6H3. The third-order valence-corrected chi connectivity index (χ3v) is 6.28. The molecule has 2 aliphatic heterocycles. The topological polar surface area (TPSA) is 6.48 Å². The summed E-state index contributed by atoms with van der Waals surface area (Å²) in [5, 5.41) is 0. The van der Waals surface area contributed by atoms with Gasteiger partial charge in [0.1, 0.15) is 0 Å². The maximum Gasteiger partial charge on any atom is 0.0147 e. The van der Waals surface area contributed by atoms with Crippen LogP contribution in [0.5, 0.6) is 0 Å². The van der Waals surface area contributed by atoms with Gasteiger partial charge in [-0.25, -0.2) is 0 Å². The van der Waals surface area contributed by atoms with Gasteiger partial charge >= 0.3 is 0 Å². The Morgan fingerprint density at radius 2 is 1.73 bits per heavy atom. The van der Waals surface area contributed by atoms with Gasteiger partial charge in [-0.3, -0.25) is 9.80 Å². The molecule has 2 aliphatic rings. The van der Waals surface area contributed by atoms with Crippen molar-refractivity contribution in [3.05, 3.63) is 0 Å². The summed E-state index contributed by atoms with van der Waals surface area (Å²) in [6.07, 6.45) is 8.27. The molecule has 3 atom stereocenters. The molecule has 0 spiro atoms. The molecule has 2 nitrogen and oxygen atoms in total. The van der Waals surface area contributed by atoms with E-state index in [0.717, 1.165) is 24.0 Å². The molecule has 2 fully saturated rings. The van der Waals surface area contributed by atoms with Crippen LogP contribution in [0.15, 0.2) is 0 Å². The van der Waals surface area contributed by atoms with Crippen LogP contribution in [0.1, 0.15) is 80.1 Å². The molecule has 22 heavy (non-hydrogen) atoms. The molecular formula is C20H40N2. The zero-order valence-corrected chi connectivity index (χ0v) is 16.1. The van der Waals surface area contributed by atoms with Gasteiger partial charge in [-0.05, 0) is 76.4 Å². The Bertz CT molecular complexity index is 337. The van der Waals surface area contributed by atoms with E-state index in [1.165, 1.54) is 58.2 Å². The van der Waals surface area contributed by atoms with Crippen LogP contribution in [0.2, 0.25) is 0 Å². The second-order valence-corrected chi connectivity index (χ2v) is 8.93. The van der Waals surface area contributed by atoms with Crippen molar-refractivity contribution in [1.29, 1.82) is 0 Å². The summed E-state index contributed by atoms with van der Waals surface area (Å²) in [7, 11) is 0. The summed E-state index contributed by atoms with van der Waals surface area (Å²) >= 11 is 0. The molecule has 0 aromatic heterocycles. The van der Waals surface area contributed by atoms with Crippen molar-refractivity contribution < 1.29 is 0 Å². The Kier molecular flexibility index (Phi) is 6.36. The minimum atomic E-state index is 0.440. The predicted octanol–water partition coefficient (Wildman–Crippen LogP) is 4.79. The van der Waals surface area contributed by atoms with Crippen LogP contribution in [0.25, 0.3) is 0 Å². The van der Waals surface area contributed by atoms with Crippen LogP contribution in [0, 0.1) is 11.3 Å². The fourth-order valence-electron chi connectivity index (χ4n) is 5.36. The number of nitrogens with zero attached hydrogens (tertiary/aromatic N) is 2. The van der Waals surface area contributed by atoms with E-state index in [1.54, 1.807) is 0 Å². The van der Waals surface area contributed by atoms with Crippen molar-refractivity contribution in [2.75, 3.05) is 19.6 Å². The molecule has 0 aromatic rings. The van der Waals surface area contributed by atoms with Crippen molar-refractivity contribution in [3.8, 4) is 0 Å². The minimum Gasteiger partial charge on any atom is -0.300 e. The van der Waals surface area contributed by atoms with E-state index in [9.17, 15) is 0 Å². The third kappa shape index (κ3) is 4.06. The summed E-state index contributed by atoms with van der Waals surface area (Å²) < 4.78 is 0. The van der Waals surface area contributed by atoms with Gasteiger partial charge < -0.3 is 0 Å². The zero-order chi connectivity index (χ0) is 16.3. The second-order valence-electron chi connectivity index (χ2n) is 8.93. The van der Waals surface area contributed by atoms with E-state index in [4.69, 9.17) is 0 Å². The number of likely N-dealkylation sites (tertiary alicyclic amines) is 2. The molecule has 0 aromatic carbocycles. The monoisotopic (exact) mass is 308 g/mol. The molecule has 2 saturated heterocycles. The lowest BCUT2D eigenvalue weighted by Crippen LogP contribution is -2.47. The van der Waals surface area contributed by atoms with Crippen LogP contribution in [0.4, 0.5) is 0 Å². The van der Waals surface area contributed by atoms with E-state index >= 15 is 0 Å². The molecule has 0 saturated carbocycles. The highest BCUT2D eigenvalue weighted by molar-refractivity contribution is 4.94. The second kappa shape index (κ2) is 7.66. The van der Waals surface area contributed by atoms with Crippen molar-refractivity contribution in [2.45, 2.75) is 98.2 Å². The van der Waals surface area contributed by atoms with Gasteiger partial charge in [-0.1, -0.05) is 34.6 Å². The lowest BCUT2D eigenvalue weighted by Gasteiger charge is -2.43. The zero-order valence-electron chi connectivity index (χ0n) is 16.1. The first-order chi connectivity index (χ1) is 10.4. The summed E-state index contributed by atoms with van der Waals surface area (Å²) in [6, 6.07) is 2.35. The van der Waals surface area contributed by atoms with Crippen LogP contribution >= 0.6 is 0 Å². The Labute approximate surface area is 139 Å². The van der Waals surface area contributed by atoms with Gasteiger partial charge in [-0.2, -0.15) is 0 Å². The van der Waals surface area contributed by atoms with Gasteiger partial charge in [-0.15, -0.1) is 0 Å². The molecule has 0 radical (unpaired) electrons. The minimum absolute atomic E-state index is 0.440. The molecular weight excluding hydrogens is 268 g/mol. The van der Waals surface area contributed by atoms with Gasteiger partial charge in [0.15, 0.2) is 0 Å². The largest absolute Gasteiger partial charge is 0.300 e. The van der Waals surface area contributed by atoms with Gasteiger partial charge in [0.25, 0.3) is 0 Å². The Morgan fingerprint density at radius 1 is 1.05 bits per heavy atom. The maximum absolute atomic E-state index is 2.82. The normalized spacial score (nSPS) is 29.6. The molecule has 3 unspecified atom stereocenters. The number of rotatable bonds is 7. The molecule has 0 aliphatic carbocycles. The molecule has 2 heterocycles. The van der Waals surface area contributed by atoms with Crippen molar-refractivity contribution in [1.82, 2.24) is 9.80 Å². The highest BCUT2D eigenvalue weighted by Gasteiger charge is 2.40. The molecule has 2 rings (SSSR count). The summed E-state index contributed by atoms with van der Waals surface area (Å²) in [4.78, 5) is 5.60. The first kappa shape index (κ1) is 18.3. The summed E-state index contributed by atoms with van der Waals surface area (Å²) in [5.74, 6) is 0.802. The van der Waals surface area contributed by atoms with E-state index in [-0.39, 0.29) is 0 Å². The van der Waals surface area contributed by atoms with Crippen LogP contribution in [0.3, 0.4) is 0 Å². The summed E-state index contributed by atoms with van der Waals surface area (Å²) in [5.41, 5.74) is 0.440. The van der Waals surface area contributed by atoms with Crippen LogP contribution < -0.4 is 0 Å². The third-order valence-electron chi connectivity index (χ3n) is 6.28. The lowest BCUT2D eigenvalue weighted by molar-refractivity contribution is 0.0660. The van der Waals surface area contributed by atoms with Gasteiger partial charge in [0, 0.05) is 18.1 Å². The van der Waals surface area contributed by atoms with Gasteiger partial charge in [0.05, 0.1) is 0 Å².